The first kappa shape index (κ1) is 12.6. The molecule has 4 nitrogen and oxygen atoms in total. The number of rotatable bonds is 3. The second-order valence-corrected chi connectivity index (χ2v) is 5.31. The molecule has 1 fully saturated rings. The van der Waals surface area contributed by atoms with Gasteiger partial charge in [0.2, 0.25) is 0 Å². The van der Waals surface area contributed by atoms with E-state index in [-0.39, 0.29) is 0 Å². The molecule has 96 valence electrons. The van der Waals surface area contributed by atoms with E-state index < -0.39 is 0 Å². The molecule has 0 bridgehead atoms. The highest BCUT2D eigenvalue weighted by atomic mass is 15.3. The molecule has 1 aromatic heterocycles. The molecule has 1 aliphatic carbocycles. The van der Waals surface area contributed by atoms with Crippen molar-refractivity contribution < 1.29 is 0 Å². The minimum Gasteiger partial charge on any atom is -0.328 e. The lowest BCUT2D eigenvalue weighted by atomic mass is 9.91. The lowest BCUT2D eigenvalue weighted by molar-refractivity contribution is 0.322. The number of nitrogens with two attached hydrogens (primary N) is 1. The Morgan fingerprint density at radius 3 is 2.59 bits per heavy atom. The van der Waals surface area contributed by atoms with Gasteiger partial charge in [-0.05, 0) is 39.5 Å². The molecule has 4 heteroatoms. The van der Waals surface area contributed by atoms with E-state index >= 15 is 0 Å². The van der Waals surface area contributed by atoms with Crippen molar-refractivity contribution in [3.8, 4) is 0 Å². The van der Waals surface area contributed by atoms with Crippen molar-refractivity contribution in [2.24, 2.45) is 12.8 Å². The lowest BCUT2D eigenvalue weighted by Gasteiger charge is -2.29. The molecule has 0 aromatic carbocycles. The summed E-state index contributed by atoms with van der Waals surface area (Å²) in [4.78, 5) is 0. The minimum atomic E-state index is 0.378. The maximum Gasteiger partial charge on any atom is 0.0540 e. The van der Waals surface area contributed by atoms with Crippen molar-refractivity contribution >= 4 is 0 Å². The fourth-order valence-electron chi connectivity index (χ4n) is 2.67. The van der Waals surface area contributed by atoms with Crippen LogP contribution in [0.5, 0.6) is 0 Å². The topological polar surface area (TPSA) is 55.9 Å². The largest absolute Gasteiger partial charge is 0.328 e. The van der Waals surface area contributed by atoms with E-state index in [1.165, 1.54) is 24.1 Å². The Balaban J connectivity index is 1.93. The van der Waals surface area contributed by atoms with Gasteiger partial charge in [0.25, 0.3) is 0 Å². The monoisotopic (exact) mass is 236 g/mol. The molecular weight excluding hydrogens is 212 g/mol. The summed E-state index contributed by atoms with van der Waals surface area (Å²) in [6.07, 6.45) is 6.67. The van der Waals surface area contributed by atoms with Gasteiger partial charge < -0.3 is 11.1 Å². The van der Waals surface area contributed by atoms with Crippen LogP contribution in [-0.2, 0) is 7.05 Å². The van der Waals surface area contributed by atoms with Crippen molar-refractivity contribution in [3.63, 3.8) is 0 Å². The average molecular weight is 236 g/mol. The quantitative estimate of drug-likeness (QED) is 0.839. The molecule has 1 atom stereocenters. The molecule has 17 heavy (non-hydrogen) atoms. The SMILES string of the molecule is Cc1c(C(C)NC2CCC(N)CC2)cnn1C. The normalized spacial score (nSPS) is 27.1. The Morgan fingerprint density at radius 2 is 2.06 bits per heavy atom. The molecule has 1 saturated carbocycles. The molecule has 1 heterocycles. The van der Waals surface area contributed by atoms with Crippen LogP contribution in [0.4, 0.5) is 0 Å². The standard InChI is InChI=1S/C13H24N4/c1-9(13-8-15-17(3)10(13)2)16-12-6-4-11(14)5-7-12/h8-9,11-12,16H,4-7,14H2,1-3H3. The Labute approximate surface area is 104 Å². The zero-order chi connectivity index (χ0) is 12.4. The van der Waals surface area contributed by atoms with Crippen molar-refractivity contribution in [1.82, 2.24) is 15.1 Å². The van der Waals surface area contributed by atoms with Gasteiger partial charge in [-0.1, -0.05) is 0 Å². The van der Waals surface area contributed by atoms with Gasteiger partial charge in [-0.25, -0.2) is 0 Å². The van der Waals surface area contributed by atoms with Gasteiger partial charge in [-0.3, -0.25) is 4.68 Å². The molecule has 0 radical (unpaired) electrons. The number of hydrogen-bond acceptors (Lipinski definition) is 3. The van der Waals surface area contributed by atoms with Crippen molar-refractivity contribution in [1.29, 1.82) is 0 Å². The van der Waals surface area contributed by atoms with E-state index in [2.05, 4.69) is 24.3 Å². The Hall–Kier alpha value is -0.870. The highest BCUT2D eigenvalue weighted by Crippen LogP contribution is 2.22. The summed E-state index contributed by atoms with van der Waals surface area (Å²) in [5.41, 5.74) is 8.48. The van der Waals surface area contributed by atoms with Crippen LogP contribution in [0.15, 0.2) is 6.20 Å². The van der Waals surface area contributed by atoms with Crippen molar-refractivity contribution in [3.05, 3.63) is 17.5 Å². The van der Waals surface area contributed by atoms with Gasteiger partial charge in [0.15, 0.2) is 0 Å². The van der Waals surface area contributed by atoms with Crippen LogP contribution in [0.3, 0.4) is 0 Å². The molecule has 0 amide bonds. The fraction of sp³-hybridized carbons (Fsp3) is 0.769. The molecule has 1 aliphatic rings. The van der Waals surface area contributed by atoms with Crippen LogP contribution >= 0.6 is 0 Å². The van der Waals surface area contributed by atoms with Crippen LogP contribution in [0.2, 0.25) is 0 Å². The number of hydrogen-bond donors (Lipinski definition) is 2. The van der Waals surface area contributed by atoms with Crippen LogP contribution in [-0.4, -0.2) is 21.9 Å². The summed E-state index contributed by atoms with van der Waals surface area (Å²) in [6, 6.07) is 1.41. The van der Waals surface area contributed by atoms with Gasteiger partial charge in [0.05, 0.1) is 6.20 Å². The van der Waals surface area contributed by atoms with Crippen molar-refractivity contribution in [2.75, 3.05) is 0 Å². The number of nitrogens with zero attached hydrogens (tertiary/aromatic N) is 2. The Kier molecular flexibility index (Phi) is 3.84. The van der Waals surface area contributed by atoms with Gasteiger partial charge in [-0.2, -0.15) is 5.10 Å². The maximum atomic E-state index is 5.93. The molecule has 0 spiro atoms. The molecule has 1 unspecified atom stereocenters. The van der Waals surface area contributed by atoms with E-state index in [0.717, 1.165) is 12.8 Å². The Bertz CT molecular complexity index is 363. The summed E-state index contributed by atoms with van der Waals surface area (Å²) >= 11 is 0. The zero-order valence-electron chi connectivity index (χ0n) is 11.1. The number of aromatic nitrogens is 2. The predicted molar refractivity (Wildman–Crippen MR) is 69.7 cm³/mol. The summed E-state index contributed by atoms with van der Waals surface area (Å²) in [5.74, 6) is 0. The van der Waals surface area contributed by atoms with E-state index in [1.807, 2.05) is 17.9 Å². The maximum absolute atomic E-state index is 5.93. The van der Waals surface area contributed by atoms with Gasteiger partial charge in [0.1, 0.15) is 0 Å². The highest BCUT2D eigenvalue weighted by Gasteiger charge is 2.21. The summed E-state index contributed by atoms with van der Waals surface area (Å²) in [5, 5.41) is 8.00. The van der Waals surface area contributed by atoms with Crippen LogP contribution in [0, 0.1) is 6.92 Å². The van der Waals surface area contributed by atoms with E-state index in [0.29, 0.717) is 18.1 Å². The summed E-state index contributed by atoms with van der Waals surface area (Å²) < 4.78 is 1.93. The van der Waals surface area contributed by atoms with E-state index in [9.17, 15) is 0 Å². The summed E-state index contributed by atoms with van der Waals surface area (Å²) in [6.45, 7) is 4.34. The average Bonchev–Trinajstić information content (AvgIpc) is 2.63. The first-order valence-electron chi connectivity index (χ1n) is 6.58. The lowest BCUT2D eigenvalue weighted by Crippen LogP contribution is -2.38. The number of aryl methyl sites for hydroxylation is 1. The number of nitrogens with one attached hydrogen (secondary N) is 1. The first-order chi connectivity index (χ1) is 8.08. The van der Waals surface area contributed by atoms with Gasteiger partial charge >= 0.3 is 0 Å². The minimum absolute atomic E-state index is 0.378. The molecule has 2 rings (SSSR count). The predicted octanol–water partition coefficient (Wildman–Crippen LogP) is 1.65. The van der Waals surface area contributed by atoms with E-state index in [4.69, 9.17) is 5.73 Å². The van der Waals surface area contributed by atoms with Gasteiger partial charge in [0, 0.05) is 36.4 Å². The van der Waals surface area contributed by atoms with Crippen LogP contribution in [0.25, 0.3) is 0 Å². The highest BCUT2D eigenvalue weighted by molar-refractivity contribution is 5.19. The molecule has 0 saturated heterocycles. The van der Waals surface area contributed by atoms with Gasteiger partial charge in [-0.15, -0.1) is 0 Å². The van der Waals surface area contributed by atoms with Crippen molar-refractivity contribution in [2.45, 2.75) is 57.7 Å². The third kappa shape index (κ3) is 2.87. The molecular formula is C13H24N4. The molecule has 0 aliphatic heterocycles. The van der Waals surface area contributed by atoms with E-state index in [1.54, 1.807) is 0 Å². The fourth-order valence-corrected chi connectivity index (χ4v) is 2.67. The second kappa shape index (κ2) is 5.19. The van der Waals surface area contributed by atoms with Crippen LogP contribution < -0.4 is 11.1 Å². The third-order valence-corrected chi connectivity index (χ3v) is 4.00. The molecule has 1 aromatic rings. The Morgan fingerprint density at radius 1 is 1.41 bits per heavy atom. The molecule has 3 N–H and O–H groups in total. The summed E-state index contributed by atoms with van der Waals surface area (Å²) in [7, 11) is 1.99. The first-order valence-corrected chi connectivity index (χ1v) is 6.58. The third-order valence-electron chi connectivity index (χ3n) is 4.00. The second-order valence-electron chi connectivity index (χ2n) is 5.31. The van der Waals surface area contributed by atoms with Crippen LogP contribution in [0.1, 0.15) is 49.9 Å². The zero-order valence-corrected chi connectivity index (χ0v) is 11.1. The smallest absolute Gasteiger partial charge is 0.0540 e.